The Labute approximate surface area is 197 Å². The van der Waals surface area contributed by atoms with Gasteiger partial charge in [0.15, 0.2) is 0 Å². The van der Waals surface area contributed by atoms with Crippen LogP contribution in [0.4, 0.5) is 29.3 Å². The van der Waals surface area contributed by atoms with Crippen LogP contribution in [0, 0.1) is 0 Å². The summed E-state index contributed by atoms with van der Waals surface area (Å²) in [4.78, 5) is 28.8. The summed E-state index contributed by atoms with van der Waals surface area (Å²) in [6.07, 6.45) is -5.01. The lowest BCUT2D eigenvalue weighted by molar-refractivity contribution is -0.137. The number of urea groups is 1. The fraction of sp³-hybridized carbons (Fsp3) is 0.136. The molecule has 0 saturated carbocycles. The summed E-state index contributed by atoms with van der Waals surface area (Å²) in [6, 6.07) is 10.3. The average Bonchev–Trinajstić information content (AvgIpc) is 2.79. The van der Waals surface area contributed by atoms with Gasteiger partial charge in [-0.2, -0.15) is 13.2 Å². The normalized spacial score (nSPS) is 13.1. The van der Waals surface area contributed by atoms with Crippen LogP contribution in [0.1, 0.15) is 21.5 Å². The van der Waals surface area contributed by atoms with Crippen molar-refractivity contribution in [3.63, 3.8) is 0 Å². The van der Waals surface area contributed by atoms with Crippen molar-refractivity contribution in [1.82, 2.24) is 9.88 Å². The summed E-state index contributed by atoms with van der Waals surface area (Å²) in [5.41, 5.74) is -1.23. The number of ether oxygens (including phenoxy) is 1. The molecule has 172 valence electrons. The van der Waals surface area contributed by atoms with Crippen LogP contribution in [0.15, 0.2) is 60.8 Å². The number of nitrogens with zero attached hydrogens (tertiary/aromatic N) is 2. The van der Waals surface area contributed by atoms with E-state index < -0.39 is 35.7 Å². The third kappa shape index (κ3) is 6.36. The van der Waals surface area contributed by atoms with E-state index in [0.717, 1.165) is 13.1 Å². The molecule has 3 rings (SSSR count). The van der Waals surface area contributed by atoms with Gasteiger partial charge in [-0.05, 0) is 48.5 Å². The van der Waals surface area contributed by atoms with E-state index in [1.54, 1.807) is 0 Å². The van der Waals surface area contributed by atoms with E-state index in [-0.39, 0.29) is 34.7 Å². The molecule has 0 atom stereocenters. The zero-order valence-corrected chi connectivity index (χ0v) is 17.6. The molecule has 3 amide bonds. The molecular formula is C22H18ClF3N4O3. The minimum atomic E-state index is -4.68. The first-order valence-electron chi connectivity index (χ1n) is 11.1. The number of amides is 3. The number of rotatable bonds is 5. The molecule has 11 heteroatoms. The zero-order chi connectivity index (χ0) is 27.5. The van der Waals surface area contributed by atoms with Crippen molar-refractivity contribution in [1.29, 1.82) is 0 Å². The highest BCUT2D eigenvalue weighted by atomic mass is 35.5. The van der Waals surface area contributed by atoms with Gasteiger partial charge in [-0.1, -0.05) is 11.6 Å². The van der Waals surface area contributed by atoms with Gasteiger partial charge in [-0.15, -0.1) is 0 Å². The summed E-state index contributed by atoms with van der Waals surface area (Å²) in [7, 11) is 1.08. The average molecular weight is 483 g/mol. The molecule has 0 spiro atoms. The monoisotopic (exact) mass is 482 g/mol. The molecule has 0 aliphatic heterocycles. The van der Waals surface area contributed by atoms with Crippen LogP contribution in [0.2, 0.25) is 5.02 Å². The molecule has 0 aliphatic carbocycles. The second-order valence-electron chi connectivity index (χ2n) is 6.58. The molecular weight excluding hydrogens is 461 g/mol. The summed E-state index contributed by atoms with van der Waals surface area (Å²) in [5, 5.41) is 4.24. The largest absolute Gasteiger partial charge is 0.457 e. The highest BCUT2D eigenvalue weighted by molar-refractivity contribution is 6.31. The summed E-state index contributed by atoms with van der Waals surface area (Å²) in [5.74, 6) is -0.636. The number of alkyl halides is 3. The third-order valence-electron chi connectivity index (χ3n) is 4.07. The van der Waals surface area contributed by atoms with Crippen LogP contribution in [-0.2, 0) is 6.18 Å². The molecule has 0 saturated heterocycles. The molecule has 3 aromatic rings. The van der Waals surface area contributed by atoms with Gasteiger partial charge in [0.1, 0.15) is 17.2 Å². The molecule has 33 heavy (non-hydrogen) atoms. The van der Waals surface area contributed by atoms with Crippen LogP contribution in [0.5, 0.6) is 11.5 Å². The Balaban J connectivity index is 1.67. The molecule has 0 radical (unpaired) electrons. The number of halogens is 4. The van der Waals surface area contributed by atoms with Gasteiger partial charge in [0.05, 0.1) is 12.0 Å². The van der Waals surface area contributed by atoms with E-state index in [0.29, 0.717) is 11.0 Å². The molecule has 0 bridgehead atoms. The number of hydrogen-bond acceptors (Lipinski definition) is 4. The Hall–Kier alpha value is -3.79. The first-order chi connectivity index (χ1) is 17.1. The van der Waals surface area contributed by atoms with Crippen LogP contribution >= 0.6 is 11.6 Å². The molecule has 0 fully saturated rings. The van der Waals surface area contributed by atoms with Crippen LogP contribution in [0.25, 0.3) is 0 Å². The SMILES string of the molecule is [2H]c1cc(Oc2ccc(NC(=O)Nc3ccc(Cl)c(C(F)(F)F)c3)cc2)cc(C(=O)N(C)C([2H])([2H])[2H])n1. The van der Waals surface area contributed by atoms with Crippen LogP contribution < -0.4 is 15.4 Å². The van der Waals surface area contributed by atoms with Gasteiger partial charge in [0.25, 0.3) is 5.91 Å². The Morgan fingerprint density at radius 1 is 1.06 bits per heavy atom. The van der Waals surface area contributed by atoms with E-state index >= 15 is 0 Å². The predicted molar refractivity (Wildman–Crippen MR) is 118 cm³/mol. The van der Waals surface area contributed by atoms with Crippen LogP contribution in [-0.4, -0.2) is 35.8 Å². The van der Waals surface area contributed by atoms with Gasteiger partial charge in [-0.25, -0.2) is 4.79 Å². The van der Waals surface area contributed by atoms with Crippen molar-refractivity contribution < 1.29 is 33.0 Å². The first-order valence-corrected chi connectivity index (χ1v) is 9.51. The Kier molecular flexibility index (Phi) is 5.56. The van der Waals surface area contributed by atoms with Crippen LogP contribution in [0.3, 0.4) is 0 Å². The predicted octanol–water partition coefficient (Wildman–Crippen LogP) is 5.89. The van der Waals surface area contributed by atoms with Crippen molar-refractivity contribution in [2.75, 3.05) is 24.7 Å². The van der Waals surface area contributed by atoms with E-state index in [4.69, 9.17) is 21.8 Å². The minimum Gasteiger partial charge on any atom is -0.457 e. The quantitative estimate of drug-likeness (QED) is 0.475. The standard InChI is InChI=1S/C22H18ClF3N4O3/c1-30(2)20(31)19-12-16(9-10-27-19)33-15-6-3-13(4-7-15)28-21(32)29-14-5-8-18(23)17(11-14)22(24,25)26/h3-12H,1-2H3,(H2,28,29,32)/i1D3,10D. The highest BCUT2D eigenvalue weighted by Gasteiger charge is 2.33. The van der Waals surface area contributed by atoms with Gasteiger partial charge in [0, 0.05) is 41.7 Å². The molecule has 2 aromatic carbocycles. The fourth-order valence-corrected chi connectivity index (χ4v) is 2.80. The topological polar surface area (TPSA) is 83.6 Å². The number of carbonyl (C=O) groups excluding carboxylic acids is 2. The highest BCUT2D eigenvalue weighted by Crippen LogP contribution is 2.36. The summed E-state index contributed by atoms with van der Waals surface area (Å²) in [6.45, 7) is -2.69. The number of benzene rings is 2. The van der Waals surface area contributed by atoms with Gasteiger partial charge in [0.2, 0.25) is 0 Å². The minimum absolute atomic E-state index is 0.0453. The maximum atomic E-state index is 13.0. The molecule has 7 nitrogen and oxygen atoms in total. The zero-order valence-electron chi connectivity index (χ0n) is 20.8. The maximum absolute atomic E-state index is 13.0. The molecule has 2 N–H and O–H groups in total. The lowest BCUT2D eigenvalue weighted by Gasteiger charge is -2.13. The van der Waals surface area contributed by atoms with Crippen molar-refractivity contribution in [3.05, 3.63) is 77.1 Å². The van der Waals surface area contributed by atoms with Crippen molar-refractivity contribution in [2.24, 2.45) is 0 Å². The van der Waals surface area contributed by atoms with Gasteiger partial charge in [-0.3, -0.25) is 9.78 Å². The lowest BCUT2D eigenvalue weighted by atomic mass is 10.2. The maximum Gasteiger partial charge on any atom is 0.417 e. The fourth-order valence-electron chi connectivity index (χ4n) is 2.57. The number of nitrogens with one attached hydrogen (secondary N) is 2. The van der Waals surface area contributed by atoms with Gasteiger partial charge >= 0.3 is 12.2 Å². The summed E-state index contributed by atoms with van der Waals surface area (Å²) < 4.78 is 74.3. The van der Waals surface area contributed by atoms with Crippen molar-refractivity contribution in [2.45, 2.75) is 6.18 Å². The number of hydrogen-bond donors (Lipinski definition) is 2. The van der Waals surface area contributed by atoms with Crippen molar-refractivity contribution in [3.8, 4) is 11.5 Å². The van der Waals surface area contributed by atoms with Crippen molar-refractivity contribution >= 4 is 34.9 Å². The second kappa shape index (κ2) is 9.78. The first kappa shape index (κ1) is 18.8. The second-order valence-corrected chi connectivity index (χ2v) is 6.99. The number of anilines is 2. The number of pyridine rings is 1. The number of carbonyl (C=O) groups is 2. The van der Waals surface area contributed by atoms with E-state index in [2.05, 4.69) is 15.6 Å². The molecule has 1 aromatic heterocycles. The lowest BCUT2D eigenvalue weighted by Crippen LogP contribution is -2.22. The molecule has 0 aliphatic rings. The molecule has 1 heterocycles. The summed E-state index contributed by atoms with van der Waals surface area (Å²) >= 11 is 5.57. The number of aromatic nitrogens is 1. The van der Waals surface area contributed by atoms with E-state index in [1.165, 1.54) is 42.5 Å². The Morgan fingerprint density at radius 3 is 2.39 bits per heavy atom. The van der Waals surface area contributed by atoms with E-state index in [1.807, 2.05) is 0 Å². The Morgan fingerprint density at radius 2 is 1.73 bits per heavy atom. The Bertz CT molecular complexity index is 1320. The van der Waals surface area contributed by atoms with Gasteiger partial charge < -0.3 is 20.3 Å². The van der Waals surface area contributed by atoms with E-state index in [9.17, 15) is 22.8 Å². The third-order valence-corrected chi connectivity index (χ3v) is 4.40. The smallest absolute Gasteiger partial charge is 0.417 e. The molecule has 0 unspecified atom stereocenters.